The van der Waals surface area contributed by atoms with Crippen molar-refractivity contribution in [2.24, 2.45) is 0 Å². The van der Waals surface area contributed by atoms with E-state index in [1.807, 2.05) is 0 Å². The van der Waals surface area contributed by atoms with Crippen LogP contribution in [0, 0.1) is 12.8 Å². The highest BCUT2D eigenvalue weighted by Gasteiger charge is 2.20. The fourth-order valence-corrected chi connectivity index (χ4v) is 2.50. The third kappa shape index (κ3) is 3.27. The van der Waals surface area contributed by atoms with E-state index in [1.54, 1.807) is 0 Å². The molecule has 2 rings (SSSR count). The minimum Gasteiger partial charge on any atom is -0.375 e. The lowest BCUT2D eigenvalue weighted by Gasteiger charge is -2.26. The Balaban J connectivity index is 1.71. The lowest BCUT2D eigenvalue weighted by molar-refractivity contribution is -0.0136. The number of hydrogen-bond donors (Lipinski definition) is 0. The van der Waals surface area contributed by atoms with E-state index in [4.69, 9.17) is 4.74 Å². The Morgan fingerprint density at radius 1 is 0.857 bits per heavy atom. The molecule has 2 saturated carbocycles. The van der Waals surface area contributed by atoms with Crippen molar-refractivity contribution < 1.29 is 4.74 Å². The summed E-state index contributed by atoms with van der Waals surface area (Å²) in [6, 6.07) is 0. The second-order valence-electron chi connectivity index (χ2n) is 4.61. The second-order valence-corrected chi connectivity index (χ2v) is 4.61. The summed E-state index contributed by atoms with van der Waals surface area (Å²) in [6.07, 6.45) is 17.5. The Kier molecular flexibility index (Phi) is 4.30. The highest BCUT2D eigenvalue weighted by atomic mass is 16.5. The van der Waals surface area contributed by atoms with Crippen LogP contribution < -0.4 is 0 Å². The van der Waals surface area contributed by atoms with Gasteiger partial charge in [0, 0.05) is 0 Å². The van der Waals surface area contributed by atoms with Crippen molar-refractivity contribution in [2.75, 3.05) is 0 Å². The molecule has 0 aromatic carbocycles. The van der Waals surface area contributed by atoms with Crippen molar-refractivity contribution >= 4 is 0 Å². The molecule has 1 nitrogen and oxygen atoms in total. The average molecular weight is 194 g/mol. The monoisotopic (exact) mass is 194 g/mol. The van der Waals surface area contributed by atoms with E-state index in [-0.39, 0.29) is 0 Å². The van der Waals surface area contributed by atoms with Crippen LogP contribution in [0.3, 0.4) is 0 Å². The van der Waals surface area contributed by atoms with Crippen LogP contribution in [0.2, 0.25) is 0 Å². The van der Waals surface area contributed by atoms with Gasteiger partial charge in [0.05, 0.1) is 12.2 Å². The average Bonchev–Trinajstić information content (AvgIpc) is 2.48. The van der Waals surface area contributed by atoms with E-state index < -0.39 is 0 Å². The molecule has 1 heteroatoms. The summed E-state index contributed by atoms with van der Waals surface area (Å²) < 4.78 is 6.14. The number of rotatable bonds is 2. The van der Waals surface area contributed by atoms with Crippen LogP contribution in [-0.2, 0) is 4.74 Å². The summed E-state index contributed by atoms with van der Waals surface area (Å²) in [5.41, 5.74) is 0. The maximum atomic E-state index is 6.14. The molecule has 2 fully saturated rings. The van der Waals surface area contributed by atoms with E-state index in [1.165, 1.54) is 57.8 Å². The molecule has 0 aromatic rings. The summed E-state index contributed by atoms with van der Waals surface area (Å²) >= 11 is 0. The first kappa shape index (κ1) is 10.5. The first-order valence-electron chi connectivity index (χ1n) is 6.25. The smallest absolute Gasteiger partial charge is 0.0610 e. The predicted molar refractivity (Wildman–Crippen MR) is 58.8 cm³/mol. The predicted octanol–water partition coefficient (Wildman–Crippen LogP) is 3.69. The van der Waals surface area contributed by atoms with Gasteiger partial charge < -0.3 is 4.74 Å². The van der Waals surface area contributed by atoms with Crippen molar-refractivity contribution in [3.05, 3.63) is 12.8 Å². The van der Waals surface area contributed by atoms with Gasteiger partial charge in [0.2, 0.25) is 0 Å². The van der Waals surface area contributed by atoms with Gasteiger partial charge in [-0.2, -0.15) is 0 Å². The summed E-state index contributed by atoms with van der Waals surface area (Å²) in [6.45, 7) is 0. The summed E-state index contributed by atoms with van der Waals surface area (Å²) in [5.74, 6) is 0. The molecule has 0 saturated heterocycles. The van der Waals surface area contributed by atoms with E-state index in [2.05, 4.69) is 12.8 Å². The van der Waals surface area contributed by atoms with Crippen LogP contribution in [0.15, 0.2) is 0 Å². The first-order valence-corrected chi connectivity index (χ1v) is 6.25. The summed E-state index contributed by atoms with van der Waals surface area (Å²) in [5, 5.41) is 0. The molecule has 2 atom stereocenters. The lowest BCUT2D eigenvalue weighted by atomic mass is 9.97. The minimum absolute atomic E-state index is 0.479. The second kappa shape index (κ2) is 5.75. The largest absolute Gasteiger partial charge is 0.375 e. The molecule has 2 aliphatic rings. The highest BCUT2D eigenvalue weighted by Crippen LogP contribution is 2.25. The van der Waals surface area contributed by atoms with Crippen molar-refractivity contribution in [1.29, 1.82) is 0 Å². The molecular formula is C13H22O. The number of hydrogen-bond acceptors (Lipinski definition) is 1. The molecule has 0 bridgehead atoms. The van der Waals surface area contributed by atoms with E-state index in [9.17, 15) is 0 Å². The van der Waals surface area contributed by atoms with Crippen molar-refractivity contribution in [3.63, 3.8) is 0 Å². The molecule has 0 N–H and O–H groups in total. The van der Waals surface area contributed by atoms with Gasteiger partial charge in [0.25, 0.3) is 0 Å². The van der Waals surface area contributed by atoms with Crippen molar-refractivity contribution in [1.82, 2.24) is 0 Å². The Morgan fingerprint density at radius 3 is 2.71 bits per heavy atom. The molecule has 2 radical (unpaired) electrons. The van der Waals surface area contributed by atoms with Gasteiger partial charge >= 0.3 is 0 Å². The van der Waals surface area contributed by atoms with Gasteiger partial charge in [0.15, 0.2) is 0 Å². The van der Waals surface area contributed by atoms with Crippen LogP contribution in [0.25, 0.3) is 0 Å². The van der Waals surface area contributed by atoms with Crippen LogP contribution in [0.1, 0.15) is 57.8 Å². The third-order valence-corrected chi connectivity index (χ3v) is 3.37. The quantitative estimate of drug-likeness (QED) is 0.609. The van der Waals surface area contributed by atoms with E-state index in [0.717, 1.165) is 0 Å². The molecule has 0 aromatic heterocycles. The van der Waals surface area contributed by atoms with E-state index >= 15 is 0 Å². The topological polar surface area (TPSA) is 9.23 Å². The van der Waals surface area contributed by atoms with Gasteiger partial charge in [-0.15, -0.1) is 0 Å². The summed E-state index contributed by atoms with van der Waals surface area (Å²) in [4.78, 5) is 0. The molecule has 14 heavy (non-hydrogen) atoms. The van der Waals surface area contributed by atoms with Crippen molar-refractivity contribution in [3.8, 4) is 0 Å². The molecule has 0 amide bonds. The molecular weight excluding hydrogens is 172 g/mol. The SMILES string of the molecule is [CH]1CCCC(OC2[CH]CCCC2)CC1. The van der Waals surface area contributed by atoms with Gasteiger partial charge in [0.1, 0.15) is 0 Å². The zero-order valence-corrected chi connectivity index (χ0v) is 9.08. The highest BCUT2D eigenvalue weighted by molar-refractivity contribution is 4.84. The first-order chi connectivity index (χ1) is 6.95. The van der Waals surface area contributed by atoms with Gasteiger partial charge in [-0.05, 0) is 44.9 Å². The van der Waals surface area contributed by atoms with Gasteiger partial charge in [-0.1, -0.05) is 25.7 Å². The summed E-state index contributed by atoms with van der Waals surface area (Å²) in [7, 11) is 0. The van der Waals surface area contributed by atoms with Crippen LogP contribution in [0.5, 0.6) is 0 Å². The Labute approximate surface area is 88.2 Å². The van der Waals surface area contributed by atoms with Crippen LogP contribution in [0.4, 0.5) is 0 Å². The zero-order valence-electron chi connectivity index (χ0n) is 9.08. The fourth-order valence-electron chi connectivity index (χ4n) is 2.50. The zero-order chi connectivity index (χ0) is 9.64. The molecule has 2 aliphatic carbocycles. The Hall–Kier alpha value is -0.0400. The van der Waals surface area contributed by atoms with E-state index in [0.29, 0.717) is 12.2 Å². The normalized spacial score (nSPS) is 27.4. The van der Waals surface area contributed by atoms with Crippen LogP contribution in [-0.4, -0.2) is 12.2 Å². The lowest BCUT2D eigenvalue weighted by Crippen LogP contribution is -2.24. The maximum absolute atomic E-state index is 6.14. The van der Waals surface area contributed by atoms with Crippen molar-refractivity contribution in [2.45, 2.75) is 70.0 Å². The minimum atomic E-state index is 0.479. The molecule has 80 valence electrons. The Morgan fingerprint density at radius 2 is 1.86 bits per heavy atom. The fraction of sp³-hybridized carbons (Fsp3) is 0.846. The van der Waals surface area contributed by atoms with Crippen LogP contribution >= 0.6 is 0 Å². The van der Waals surface area contributed by atoms with Gasteiger partial charge in [-0.25, -0.2) is 0 Å². The number of ether oxygens (including phenoxy) is 1. The molecule has 0 aliphatic heterocycles. The maximum Gasteiger partial charge on any atom is 0.0610 e. The molecule has 0 heterocycles. The standard InChI is InChI=1S/C13H22O/c1-2-5-9-12(8-4-1)14-13-10-6-3-7-11-13/h1,10,12-13H,2-9,11H2. The molecule has 2 unspecified atom stereocenters. The third-order valence-electron chi connectivity index (χ3n) is 3.37. The molecule has 0 spiro atoms. The van der Waals surface area contributed by atoms with Gasteiger partial charge in [-0.3, -0.25) is 0 Å². The Bertz CT molecular complexity index is 141.